The summed E-state index contributed by atoms with van der Waals surface area (Å²) in [7, 11) is 0. The number of rotatable bonds is 10. The monoisotopic (exact) mass is 492 g/mol. The van der Waals surface area contributed by atoms with Crippen molar-refractivity contribution in [3.05, 3.63) is 59.8 Å². The highest BCUT2D eigenvalue weighted by Crippen LogP contribution is 2.29. The number of hydrogen-bond donors (Lipinski definition) is 3. The maximum atomic E-state index is 13.0. The third-order valence-corrected chi connectivity index (χ3v) is 4.64. The van der Waals surface area contributed by atoms with Crippen molar-refractivity contribution >= 4 is 23.9 Å². The van der Waals surface area contributed by atoms with E-state index in [1.54, 1.807) is 48.5 Å². The Kier molecular flexibility index (Phi) is 7.14. The van der Waals surface area contributed by atoms with Crippen molar-refractivity contribution < 1.29 is 28.8 Å². The Hall–Kier alpha value is -5.27. The van der Waals surface area contributed by atoms with Gasteiger partial charge in [0.25, 0.3) is 5.91 Å². The first kappa shape index (κ1) is 23.9. The molecular formula is C22H20N8O6. The number of hydrazone groups is 1. The van der Waals surface area contributed by atoms with Gasteiger partial charge >= 0.3 is 5.97 Å². The quantitative estimate of drug-likeness (QED) is 0.215. The molecule has 0 unspecified atom stereocenters. The predicted molar refractivity (Wildman–Crippen MR) is 125 cm³/mol. The van der Waals surface area contributed by atoms with E-state index in [9.17, 15) is 9.59 Å². The molecule has 184 valence electrons. The fourth-order valence-electron chi connectivity index (χ4n) is 3.15. The van der Waals surface area contributed by atoms with Crippen molar-refractivity contribution in [1.29, 1.82) is 0 Å². The van der Waals surface area contributed by atoms with Crippen molar-refractivity contribution in [2.75, 3.05) is 18.9 Å². The number of carbonyl (C=O) groups excluding carboxylic acids is 1. The van der Waals surface area contributed by atoms with Crippen LogP contribution in [0.3, 0.4) is 0 Å². The van der Waals surface area contributed by atoms with Gasteiger partial charge in [-0.15, -0.1) is 5.10 Å². The van der Waals surface area contributed by atoms with Gasteiger partial charge in [-0.3, -0.25) is 4.79 Å². The number of amides is 1. The second-order valence-electron chi connectivity index (χ2n) is 7.05. The summed E-state index contributed by atoms with van der Waals surface area (Å²) in [6.45, 7) is 1.77. The van der Waals surface area contributed by atoms with Crippen LogP contribution in [0.2, 0.25) is 0 Å². The van der Waals surface area contributed by atoms with Crippen LogP contribution in [0.1, 0.15) is 23.0 Å². The van der Waals surface area contributed by atoms with Gasteiger partial charge in [-0.05, 0) is 41.5 Å². The Morgan fingerprint density at radius 2 is 2.03 bits per heavy atom. The number of nitrogens with two attached hydrogens (primary N) is 1. The number of nitrogens with one attached hydrogen (secondary N) is 1. The summed E-state index contributed by atoms with van der Waals surface area (Å²) < 4.78 is 16.7. The molecule has 0 fully saturated rings. The van der Waals surface area contributed by atoms with E-state index >= 15 is 0 Å². The minimum absolute atomic E-state index is 0.0476. The lowest BCUT2D eigenvalue weighted by Gasteiger charge is -2.08. The average molecular weight is 492 g/mol. The molecule has 0 atom stereocenters. The maximum absolute atomic E-state index is 13.0. The summed E-state index contributed by atoms with van der Waals surface area (Å²) in [6.07, 6.45) is 1.31. The maximum Gasteiger partial charge on any atom is 0.341 e. The largest absolute Gasteiger partial charge is 0.494 e. The summed E-state index contributed by atoms with van der Waals surface area (Å²) in [4.78, 5) is 23.8. The first-order valence-electron chi connectivity index (χ1n) is 10.5. The number of hydrogen-bond acceptors (Lipinski definition) is 11. The second kappa shape index (κ2) is 10.8. The van der Waals surface area contributed by atoms with E-state index in [0.29, 0.717) is 23.5 Å². The summed E-state index contributed by atoms with van der Waals surface area (Å²) >= 11 is 0. The number of carboxylic acids is 1. The van der Waals surface area contributed by atoms with Crippen LogP contribution in [0.15, 0.2) is 58.3 Å². The molecule has 0 aliphatic rings. The van der Waals surface area contributed by atoms with Crippen molar-refractivity contribution in [3.8, 4) is 28.6 Å². The molecule has 0 aliphatic carbocycles. The van der Waals surface area contributed by atoms with Crippen molar-refractivity contribution in [3.63, 3.8) is 0 Å². The van der Waals surface area contributed by atoms with Gasteiger partial charge in [0.2, 0.25) is 11.6 Å². The van der Waals surface area contributed by atoms with Crippen LogP contribution in [-0.2, 0) is 4.79 Å². The van der Waals surface area contributed by atoms with Crippen molar-refractivity contribution in [2.24, 2.45) is 5.10 Å². The number of aromatic nitrogens is 5. The van der Waals surface area contributed by atoms with E-state index < -0.39 is 18.5 Å². The van der Waals surface area contributed by atoms with Gasteiger partial charge in [-0.1, -0.05) is 29.5 Å². The van der Waals surface area contributed by atoms with E-state index in [1.807, 2.05) is 6.92 Å². The van der Waals surface area contributed by atoms with Crippen LogP contribution in [0.4, 0.5) is 5.82 Å². The first-order chi connectivity index (χ1) is 17.5. The van der Waals surface area contributed by atoms with Gasteiger partial charge in [-0.2, -0.15) is 9.78 Å². The molecule has 2 aromatic heterocycles. The average Bonchev–Trinajstić information content (AvgIpc) is 3.49. The number of ether oxygens (including phenoxy) is 2. The van der Waals surface area contributed by atoms with Crippen LogP contribution in [0.5, 0.6) is 11.5 Å². The highest BCUT2D eigenvalue weighted by Gasteiger charge is 2.25. The van der Waals surface area contributed by atoms with Gasteiger partial charge in [0.05, 0.1) is 12.8 Å². The lowest BCUT2D eigenvalue weighted by Crippen LogP contribution is -2.19. The molecule has 0 saturated carbocycles. The molecule has 1 amide bonds. The highest BCUT2D eigenvalue weighted by molar-refractivity contribution is 5.99. The number of para-hydroxylation sites is 1. The third-order valence-electron chi connectivity index (χ3n) is 4.64. The number of benzene rings is 2. The van der Waals surface area contributed by atoms with E-state index in [0.717, 1.165) is 0 Å². The fraction of sp³-hybridized carbons (Fsp3) is 0.136. The molecule has 0 aliphatic heterocycles. The standard InChI is InChI=1S/C22H20N8O6/c1-2-34-15-8-5-7-13(10-15)19-18(25-29-30(19)21-20(23)27-36-28-21)22(33)26-24-11-14-6-3-4-9-16(14)35-12-17(31)32/h3-11H,2,12H2,1H3,(H2,23,27)(H,26,33)(H,31,32)/b24-11-. The van der Waals surface area contributed by atoms with Crippen molar-refractivity contribution in [2.45, 2.75) is 6.92 Å². The molecule has 36 heavy (non-hydrogen) atoms. The minimum atomic E-state index is -1.12. The van der Waals surface area contributed by atoms with Crippen LogP contribution in [0, 0.1) is 0 Å². The molecule has 14 heteroatoms. The zero-order valence-electron chi connectivity index (χ0n) is 18.9. The SMILES string of the molecule is CCOc1cccc(-c2c(C(=O)N/N=C\c3ccccc3OCC(=O)O)nnn2-c2nonc2N)c1. The third kappa shape index (κ3) is 5.27. The Balaban J connectivity index is 1.64. The number of nitrogen functional groups attached to an aromatic ring is 1. The van der Waals surface area contributed by atoms with E-state index in [-0.39, 0.29) is 28.8 Å². The topological polar surface area (TPSA) is 193 Å². The molecule has 2 heterocycles. The lowest BCUT2D eigenvalue weighted by atomic mass is 10.1. The fourth-order valence-corrected chi connectivity index (χ4v) is 3.15. The molecule has 4 N–H and O–H groups in total. The zero-order valence-corrected chi connectivity index (χ0v) is 18.9. The summed E-state index contributed by atoms with van der Waals surface area (Å²) in [5, 5.41) is 28.1. The Labute approximate surface area is 203 Å². The van der Waals surface area contributed by atoms with Crippen LogP contribution >= 0.6 is 0 Å². The van der Waals surface area contributed by atoms with E-state index in [4.69, 9.17) is 20.3 Å². The molecule has 0 bridgehead atoms. The van der Waals surface area contributed by atoms with Gasteiger partial charge in [0, 0.05) is 11.1 Å². The normalized spacial score (nSPS) is 10.9. The second-order valence-corrected chi connectivity index (χ2v) is 7.05. The van der Waals surface area contributed by atoms with Crippen LogP contribution < -0.4 is 20.6 Å². The minimum Gasteiger partial charge on any atom is -0.494 e. The molecule has 0 saturated heterocycles. The van der Waals surface area contributed by atoms with Crippen LogP contribution in [0.25, 0.3) is 17.1 Å². The molecule has 14 nitrogen and oxygen atoms in total. The number of carbonyl (C=O) groups is 2. The Morgan fingerprint density at radius 1 is 1.19 bits per heavy atom. The molecule has 2 aromatic carbocycles. The molecule has 4 aromatic rings. The summed E-state index contributed by atoms with van der Waals surface area (Å²) in [5.41, 5.74) is 9.37. The Bertz CT molecular complexity index is 1410. The predicted octanol–water partition coefficient (Wildman–Crippen LogP) is 1.53. The molecule has 0 spiro atoms. The number of nitrogens with zero attached hydrogens (tertiary/aromatic N) is 6. The van der Waals surface area contributed by atoms with Crippen LogP contribution in [-0.4, -0.2) is 61.7 Å². The van der Waals surface area contributed by atoms with E-state index in [2.05, 4.69) is 35.8 Å². The van der Waals surface area contributed by atoms with Gasteiger partial charge in [0.1, 0.15) is 17.2 Å². The highest BCUT2D eigenvalue weighted by atomic mass is 16.6. The summed E-state index contributed by atoms with van der Waals surface area (Å²) in [5.74, 6) is -0.964. The summed E-state index contributed by atoms with van der Waals surface area (Å²) in [6, 6.07) is 13.6. The lowest BCUT2D eigenvalue weighted by molar-refractivity contribution is -0.139. The van der Waals surface area contributed by atoms with Crippen molar-refractivity contribution in [1.82, 2.24) is 30.7 Å². The van der Waals surface area contributed by atoms with E-state index in [1.165, 1.54) is 10.9 Å². The zero-order chi connectivity index (χ0) is 25.5. The van der Waals surface area contributed by atoms with Gasteiger partial charge < -0.3 is 20.3 Å². The number of carboxylic acid groups (broad SMARTS) is 1. The number of anilines is 1. The molecule has 0 radical (unpaired) electrons. The Morgan fingerprint density at radius 3 is 2.78 bits per heavy atom. The first-order valence-corrected chi connectivity index (χ1v) is 10.5. The smallest absolute Gasteiger partial charge is 0.341 e. The molecule has 4 rings (SSSR count). The van der Waals surface area contributed by atoms with Gasteiger partial charge in [-0.25, -0.2) is 14.8 Å². The van der Waals surface area contributed by atoms with Gasteiger partial charge in [0.15, 0.2) is 12.3 Å². The molecular weight excluding hydrogens is 472 g/mol. The number of aliphatic carboxylic acids is 1.